The third kappa shape index (κ3) is 2.80. The number of nitrogens with zero attached hydrogens (tertiary/aromatic N) is 1. The molecule has 0 unspecified atom stereocenters. The highest BCUT2D eigenvalue weighted by Crippen LogP contribution is 2.42. The Bertz CT molecular complexity index is 679. The highest BCUT2D eigenvalue weighted by Gasteiger charge is 2.56. The molecule has 0 N–H and O–H groups in total. The maximum Gasteiger partial charge on any atom is 0.244 e. The molecule has 0 spiro atoms. The van der Waals surface area contributed by atoms with Crippen molar-refractivity contribution < 1.29 is 13.2 Å². The SMILES string of the molecule is C[C@H]1[C@@H](Cc2ccccc2)CCN1C(=O)C1(S(C)(=O)=O)CCC1. The zero-order valence-electron chi connectivity index (χ0n) is 13.9. The fraction of sp³-hybridized carbons (Fsp3) is 0.611. The van der Waals surface area contributed by atoms with Crippen LogP contribution in [0.2, 0.25) is 0 Å². The summed E-state index contributed by atoms with van der Waals surface area (Å²) in [6.07, 6.45) is 4.90. The summed E-state index contributed by atoms with van der Waals surface area (Å²) in [4.78, 5) is 14.8. The first-order valence-corrected chi connectivity index (χ1v) is 10.3. The van der Waals surface area contributed by atoms with Crippen molar-refractivity contribution in [2.24, 2.45) is 5.92 Å². The summed E-state index contributed by atoms with van der Waals surface area (Å²) in [5.41, 5.74) is 1.28. The van der Waals surface area contributed by atoms with E-state index in [1.165, 1.54) is 11.8 Å². The molecule has 1 aromatic rings. The summed E-state index contributed by atoms with van der Waals surface area (Å²) in [6.45, 7) is 2.74. The molecule has 126 valence electrons. The third-order valence-electron chi connectivity index (χ3n) is 5.78. The van der Waals surface area contributed by atoms with Gasteiger partial charge in [-0.15, -0.1) is 0 Å². The Hall–Kier alpha value is -1.36. The molecule has 1 aromatic carbocycles. The van der Waals surface area contributed by atoms with E-state index < -0.39 is 14.6 Å². The van der Waals surface area contributed by atoms with E-state index in [-0.39, 0.29) is 11.9 Å². The molecule has 5 heteroatoms. The summed E-state index contributed by atoms with van der Waals surface area (Å²) in [7, 11) is -3.36. The Morgan fingerprint density at radius 2 is 1.91 bits per heavy atom. The van der Waals surface area contributed by atoms with Gasteiger partial charge < -0.3 is 4.90 Å². The van der Waals surface area contributed by atoms with Crippen LogP contribution in [0.5, 0.6) is 0 Å². The average molecular weight is 335 g/mol. The minimum Gasteiger partial charge on any atom is -0.338 e. The standard InChI is InChI=1S/C18H25NO3S/c1-14-16(13-15-7-4-3-5-8-15)9-12-19(14)17(20)18(10-6-11-18)23(2,21)22/h3-5,7-8,14,16H,6,9-13H2,1-2H3/t14-,16+/m0/s1. The van der Waals surface area contributed by atoms with Crippen LogP contribution in [-0.2, 0) is 21.1 Å². The molecule has 0 bridgehead atoms. The lowest BCUT2D eigenvalue weighted by molar-refractivity contribution is -0.137. The molecule has 2 fully saturated rings. The number of sulfone groups is 1. The Morgan fingerprint density at radius 1 is 1.26 bits per heavy atom. The van der Waals surface area contributed by atoms with Gasteiger partial charge in [0.1, 0.15) is 0 Å². The molecule has 0 aromatic heterocycles. The molecular formula is C18H25NO3S. The van der Waals surface area contributed by atoms with Crippen molar-refractivity contribution in [3.8, 4) is 0 Å². The van der Waals surface area contributed by atoms with Gasteiger partial charge in [-0.25, -0.2) is 8.42 Å². The lowest BCUT2D eigenvalue weighted by Gasteiger charge is -2.42. The van der Waals surface area contributed by atoms with Gasteiger partial charge in [-0.2, -0.15) is 0 Å². The molecule has 4 nitrogen and oxygen atoms in total. The second-order valence-electron chi connectivity index (χ2n) is 7.10. The topological polar surface area (TPSA) is 54.5 Å². The van der Waals surface area contributed by atoms with E-state index in [0.29, 0.717) is 25.3 Å². The van der Waals surface area contributed by atoms with Gasteiger partial charge in [-0.3, -0.25) is 4.79 Å². The van der Waals surface area contributed by atoms with Crippen LogP contribution in [0.1, 0.15) is 38.2 Å². The molecule has 1 aliphatic carbocycles. The molecule has 2 aliphatic rings. The summed E-state index contributed by atoms with van der Waals surface area (Å²) in [5, 5.41) is 0. The monoisotopic (exact) mass is 335 g/mol. The van der Waals surface area contributed by atoms with Crippen molar-refractivity contribution in [3.05, 3.63) is 35.9 Å². The fourth-order valence-electron chi connectivity index (χ4n) is 3.98. The van der Waals surface area contributed by atoms with Gasteiger partial charge in [0.15, 0.2) is 14.6 Å². The molecule has 2 atom stereocenters. The first-order chi connectivity index (χ1) is 10.8. The van der Waals surface area contributed by atoms with E-state index in [2.05, 4.69) is 19.1 Å². The van der Waals surface area contributed by atoms with Crippen molar-refractivity contribution in [2.45, 2.75) is 49.8 Å². The molecule has 1 heterocycles. The second-order valence-corrected chi connectivity index (χ2v) is 9.42. The lowest BCUT2D eigenvalue weighted by Crippen LogP contribution is -2.58. The lowest BCUT2D eigenvalue weighted by atomic mass is 9.82. The van der Waals surface area contributed by atoms with Crippen LogP contribution in [0.4, 0.5) is 0 Å². The minimum atomic E-state index is -3.36. The summed E-state index contributed by atoms with van der Waals surface area (Å²) < 4.78 is 23.2. The van der Waals surface area contributed by atoms with Crippen molar-refractivity contribution in [2.75, 3.05) is 12.8 Å². The average Bonchev–Trinajstić information content (AvgIpc) is 2.78. The summed E-state index contributed by atoms with van der Waals surface area (Å²) >= 11 is 0. The number of carbonyl (C=O) groups is 1. The van der Waals surface area contributed by atoms with Crippen molar-refractivity contribution in [1.29, 1.82) is 0 Å². The van der Waals surface area contributed by atoms with Gasteiger partial charge >= 0.3 is 0 Å². The van der Waals surface area contributed by atoms with Gasteiger partial charge in [0.2, 0.25) is 5.91 Å². The predicted molar refractivity (Wildman–Crippen MR) is 90.9 cm³/mol. The van der Waals surface area contributed by atoms with E-state index in [1.54, 1.807) is 0 Å². The molecular weight excluding hydrogens is 310 g/mol. The van der Waals surface area contributed by atoms with E-state index in [4.69, 9.17) is 0 Å². The van der Waals surface area contributed by atoms with Crippen LogP contribution in [0.15, 0.2) is 30.3 Å². The maximum absolute atomic E-state index is 13.0. The predicted octanol–water partition coefficient (Wildman–Crippen LogP) is 2.43. The molecule has 1 saturated carbocycles. The minimum absolute atomic E-state index is 0.0990. The Labute approximate surface area is 138 Å². The van der Waals surface area contributed by atoms with Gasteiger partial charge in [0.25, 0.3) is 0 Å². The number of hydrogen-bond donors (Lipinski definition) is 0. The maximum atomic E-state index is 13.0. The molecule has 3 rings (SSSR count). The normalized spacial score (nSPS) is 26.8. The quantitative estimate of drug-likeness (QED) is 0.849. The number of amides is 1. The van der Waals surface area contributed by atoms with Crippen molar-refractivity contribution in [3.63, 3.8) is 0 Å². The Balaban J connectivity index is 1.74. The number of likely N-dealkylation sites (tertiary alicyclic amines) is 1. The van der Waals surface area contributed by atoms with E-state index in [0.717, 1.165) is 19.3 Å². The van der Waals surface area contributed by atoms with Crippen LogP contribution in [0.3, 0.4) is 0 Å². The highest BCUT2D eigenvalue weighted by atomic mass is 32.2. The molecule has 1 aliphatic heterocycles. The van der Waals surface area contributed by atoms with Gasteiger partial charge in [-0.1, -0.05) is 30.3 Å². The van der Waals surface area contributed by atoms with Crippen LogP contribution >= 0.6 is 0 Å². The van der Waals surface area contributed by atoms with Crippen molar-refractivity contribution >= 4 is 15.7 Å². The molecule has 0 radical (unpaired) electrons. The molecule has 1 saturated heterocycles. The fourth-order valence-corrected chi connectivity index (χ4v) is 5.45. The first kappa shape index (κ1) is 16.5. The summed E-state index contributed by atoms with van der Waals surface area (Å²) in [6, 6.07) is 10.4. The Morgan fingerprint density at radius 3 is 2.43 bits per heavy atom. The number of benzene rings is 1. The van der Waals surface area contributed by atoms with Crippen molar-refractivity contribution in [1.82, 2.24) is 4.90 Å². The molecule has 1 amide bonds. The largest absolute Gasteiger partial charge is 0.338 e. The number of carbonyl (C=O) groups excluding carboxylic acids is 1. The third-order valence-corrected chi connectivity index (χ3v) is 7.78. The van der Waals surface area contributed by atoms with E-state index in [9.17, 15) is 13.2 Å². The summed E-state index contributed by atoms with van der Waals surface area (Å²) in [5.74, 6) is 0.243. The van der Waals surface area contributed by atoms with Crippen LogP contribution in [0.25, 0.3) is 0 Å². The Kier molecular flexibility index (Phi) is 4.25. The van der Waals surface area contributed by atoms with Crippen LogP contribution in [-0.4, -0.2) is 42.8 Å². The highest BCUT2D eigenvalue weighted by molar-refractivity contribution is 7.93. The second kappa shape index (κ2) is 5.93. The molecule has 23 heavy (non-hydrogen) atoms. The van der Waals surface area contributed by atoms with E-state index >= 15 is 0 Å². The zero-order chi connectivity index (χ0) is 16.7. The zero-order valence-corrected chi connectivity index (χ0v) is 14.7. The van der Waals surface area contributed by atoms with E-state index in [1.807, 2.05) is 23.1 Å². The smallest absolute Gasteiger partial charge is 0.244 e. The van der Waals surface area contributed by atoms with Gasteiger partial charge in [0.05, 0.1) is 0 Å². The van der Waals surface area contributed by atoms with Crippen LogP contribution in [0, 0.1) is 5.92 Å². The number of rotatable bonds is 4. The number of hydrogen-bond acceptors (Lipinski definition) is 3. The first-order valence-electron chi connectivity index (χ1n) is 8.40. The van der Waals surface area contributed by atoms with Gasteiger partial charge in [-0.05, 0) is 50.5 Å². The van der Waals surface area contributed by atoms with Crippen LogP contribution < -0.4 is 0 Å². The van der Waals surface area contributed by atoms with Gasteiger partial charge in [0, 0.05) is 18.8 Å².